The molecule has 6 nitrogen and oxygen atoms in total. The van der Waals surface area contributed by atoms with E-state index in [-0.39, 0.29) is 11.0 Å². The summed E-state index contributed by atoms with van der Waals surface area (Å²) in [5.74, 6) is -1.14. The van der Waals surface area contributed by atoms with Crippen molar-refractivity contribution in [1.82, 2.24) is 9.97 Å². The van der Waals surface area contributed by atoms with Crippen LogP contribution in [0, 0.1) is 25.6 Å². The minimum Gasteiger partial charge on any atom is -0.461 e. The monoisotopic (exact) mass is 401 g/mol. The van der Waals surface area contributed by atoms with Gasteiger partial charge in [-0.05, 0) is 44.0 Å². The number of rotatable bonds is 5. The smallest absolute Gasteiger partial charge is 0.350 e. The second-order valence-corrected chi connectivity index (χ2v) is 7.85. The lowest BCUT2D eigenvalue weighted by Crippen LogP contribution is -2.13. The molecule has 1 aromatic carbocycles. The number of thiazole rings is 1. The van der Waals surface area contributed by atoms with Crippen LogP contribution in [0.3, 0.4) is 0 Å². The average molecular weight is 401 g/mol. The first kappa shape index (κ1) is 19.9. The maximum Gasteiger partial charge on any atom is 0.350 e. The molecular weight excluding hydrogens is 381 g/mol. The number of carbonyl (C=O) groups is 2. The molecule has 0 saturated heterocycles. The van der Waals surface area contributed by atoms with E-state index in [1.54, 1.807) is 19.9 Å². The second kappa shape index (κ2) is 8.02. The summed E-state index contributed by atoms with van der Waals surface area (Å²) < 4.78 is 18.9. The van der Waals surface area contributed by atoms with Gasteiger partial charge in [-0.1, -0.05) is 25.2 Å². The number of nitrogens with one attached hydrogen (secondary N) is 1. The van der Waals surface area contributed by atoms with Crippen molar-refractivity contribution in [3.05, 3.63) is 51.9 Å². The van der Waals surface area contributed by atoms with Gasteiger partial charge >= 0.3 is 5.97 Å². The van der Waals surface area contributed by atoms with Crippen LogP contribution in [0.1, 0.15) is 45.3 Å². The lowest BCUT2D eigenvalue weighted by molar-refractivity contribution is 0.0463. The molecule has 0 aliphatic rings. The normalized spacial score (nSPS) is 11.1. The number of aryl methyl sites for hydroxylation is 2. The first-order valence-corrected chi connectivity index (χ1v) is 9.59. The summed E-state index contributed by atoms with van der Waals surface area (Å²) in [6.07, 6.45) is 0. The number of fused-ring (bicyclic) bond motifs is 1. The molecule has 0 spiro atoms. The Labute approximate surface area is 165 Å². The highest BCUT2D eigenvalue weighted by Gasteiger charge is 2.20. The van der Waals surface area contributed by atoms with Crippen molar-refractivity contribution >= 4 is 39.2 Å². The van der Waals surface area contributed by atoms with Gasteiger partial charge in [-0.2, -0.15) is 0 Å². The maximum absolute atomic E-state index is 13.7. The molecule has 3 aromatic rings. The van der Waals surface area contributed by atoms with Crippen molar-refractivity contribution in [2.45, 2.75) is 27.7 Å². The molecule has 0 saturated carbocycles. The van der Waals surface area contributed by atoms with Crippen molar-refractivity contribution in [3.63, 3.8) is 0 Å². The van der Waals surface area contributed by atoms with Crippen molar-refractivity contribution < 1.29 is 18.7 Å². The molecule has 28 heavy (non-hydrogen) atoms. The van der Waals surface area contributed by atoms with E-state index < -0.39 is 17.7 Å². The van der Waals surface area contributed by atoms with Gasteiger partial charge in [0.25, 0.3) is 5.91 Å². The van der Waals surface area contributed by atoms with Crippen LogP contribution in [0.15, 0.2) is 24.3 Å². The van der Waals surface area contributed by atoms with Gasteiger partial charge in [-0.3, -0.25) is 15.1 Å². The van der Waals surface area contributed by atoms with Gasteiger partial charge in [-0.25, -0.2) is 14.2 Å². The molecular formula is C20H20FN3O3S. The molecule has 0 bridgehead atoms. The molecule has 2 aromatic heterocycles. The van der Waals surface area contributed by atoms with Gasteiger partial charge in [0.05, 0.1) is 23.4 Å². The fourth-order valence-corrected chi connectivity index (χ4v) is 3.49. The van der Waals surface area contributed by atoms with Crippen molar-refractivity contribution in [3.8, 4) is 0 Å². The van der Waals surface area contributed by atoms with Gasteiger partial charge in [0.2, 0.25) is 0 Å². The van der Waals surface area contributed by atoms with Crippen LogP contribution in [0.25, 0.3) is 10.9 Å². The molecule has 3 rings (SSSR count). The number of carbonyl (C=O) groups excluding carboxylic acids is 2. The van der Waals surface area contributed by atoms with Gasteiger partial charge in [0.1, 0.15) is 10.7 Å². The minimum absolute atomic E-state index is 0.222. The number of hydrogen-bond acceptors (Lipinski definition) is 6. The van der Waals surface area contributed by atoms with E-state index in [2.05, 4.69) is 15.3 Å². The van der Waals surface area contributed by atoms with Crippen LogP contribution in [-0.4, -0.2) is 28.5 Å². The molecule has 0 unspecified atom stereocenters. The van der Waals surface area contributed by atoms with Gasteiger partial charge in [0.15, 0.2) is 5.13 Å². The summed E-state index contributed by atoms with van der Waals surface area (Å²) >= 11 is 1.05. The number of halogens is 1. The third kappa shape index (κ3) is 4.33. The summed E-state index contributed by atoms with van der Waals surface area (Å²) in [5, 5.41) is 3.37. The van der Waals surface area contributed by atoms with E-state index in [0.29, 0.717) is 39.3 Å². The van der Waals surface area contributed by atoms with Crippen LogP contribution in [-0.2, 0) is 4.74 Å². The van der Waals surface area contributed by atoms with Crippen molar-refractivity contribution in [2.24, 2.45) is 5.92 Å². The molecule has 146 valence electrons. The Morgan fingerprint density at radius 1 is 1.21 bits per heavy atom. The molecule has 1 N–H and O–H groups in total. The highest BCUT2D eigenvalue weighted by molar-refractivity contribution is 7.17. The number of amides is 1. The van der Waals surface area contributed by atoms with E-state index in [0.717, 1.165) is 11.3 Å². The minimum atomic E-state index is -0.462. The molecule has 0 atom stereocenters. The first-order valence-electron chi connectivity index (χ1n) is 8.77. The van der Waals surface area contributed by atoms with Gasteiger partial charge < -0.3 is 4.74 Å². The fraction of sp³-hybridized carbons (Fsp3) is 0.300. The Bertz CT molecular complexity index is 1060. The highest BCUT2D eigenvalue weighted by Crippen LogP contribution is 2.26. The molecule has 2 heterocycles. The van der Waals surface area contributed by atoms with Crippen molar-refractivity contribution in [2.75, 3.05) is 11.9 Å². The van der Waals surface area contributed by atoms with E-state index in [4.69, 9.17) is 4.74 Å². The van der Waals surface area contributed by atoms with Crippen LogP contribution < -0.4 is 5.32 Å². The fourth-order valence-electron chi connectivity index (χ4n) is 2.63. The predicted octanol–water partition coefficient (Wildman–Crippen LogP) is 4.51. The van der Waals surface area contributed by atoms with Gasteiger partial charge in [-0.15, -0.1) is 0 Å². The Morgan fingerprint density at radius 3 is 2.68 bits per heavy atom. The SMILES string of the molecule is Cc1cc(C(=O)Nc2nc(C)c(C(=O)OCC(C)C)s2)c2cc(F)ccc2n1. The quantitative estimate of drug-likeness (QED) is 0.636. The van der Waals surface area contributed by atoms with Crippen LogP contribution in [0.4, 0.5) is 9.52 Å². The molecule has 1 amide bonds. The summed E-state index contributed by atoms with van der Waals surface area (Å²) in [6.45, 7) is 7.64. The summed E-state index contributed by atoms with van der Waals surface area (Å²) in [7, 11) is 0. The zero-order valence-electron chi connectivity index (χ0n) is 16.0. The van der Waals surface area contributed by atoms with Crippen LogP contribution in [0.5, 0.6) is 0 Å². The lowest BCUT2D eigenvalue weighted by atomic mass is 10.1. The predicted molar refractivity (Wildman–Crippen MR) is 106 cm³/mol. The zero-order valence-corrected chi connectivity index (χ0v) is 16.8. The molecule has 0 aliphatic carbocycles. The van der Waals surface area contributed by atoms with E-state index >= 15 is 0 Å². The number of hydrogen-bond donors (Lipinski definition) is 1. The maximum atomic E-state index is 13.7. The second-order valence-electron chi connectivity index (χ2n) is 6.85. The number of aromatic nitrogens is 2. The van der Waals surface area contributed by atoms with Gasteiger partial charge in [0, 0.05) is 11.1 Å². The van der Waals surface area contributed by atoms with Crippen LogP contribution in [0.2, 0.25) is 0 Å². The van der Waals surface area contributed by atoms with Crippen molar-refractivity contribution in [1.29, 1.82) is 0 Å². The zero-order chi connectivity index (χ0) is 20.4. The van der Waals surface area contributed by atoms with E-state index in [1.165, 1.54) is 18.2 Å². The third-order valence-corrected chi connectivity index (χ3v) is 4.95. The Kier molecular flexibility index (Phi) is 5.69. The average Bonchev–Trinajstić information content (AvgIpc) is 2.99. The third-order valence-electron chi connectivity index (χ3n) is 3.89. The molecule has 8 heteroatoms. The number of anilines is 1. The Morgan fingerprint density at radius 2 is 1.96 bits per heavy atom. The number of pyridine rings is 1. The molecule has 0 fully saturated rings. The Balaban J connectivity index is 1.86. The number of esters is 1. The van der Waals surface area contributed by atoms with Crippen LogP contribution >= 0.6 is 11.3 Å². The molecule has 0 radical (unpaired) electrons. The van der Waals surface area contributed by atoms with E-state index in [9.17, 15) is 14.0 Å². The summed E-state index contributed by atoms with van der Waals surface area (Å²) in [6, 6.07) is 5.70. The topological polar surface area (TPSA) is 81.2 Å². The highest BCUT2D eigenvalue weighted by atomic mass is 32.1. The number of ether oxygens (including phenoxy) is 1. The Hall–Kier alpha value is -2.87. The van der Waals surface area contributed by atoms with E-state index in [1.807, 2.05) is 13.8 Å². The molecule has 0 aliphatic heterocycles. The lowest BCUT2D eigenvalue weighted by Gasteiger charge is -2.07. The summed E-state index contributed by atoms with van der Waals surface area (Å²) in [4.78, 5) is 33.9. The number of benzene rings is 1. The number of nitrogens with zero attached hydrogens (tertiary/aromatic N) is 2. The standard InChI is InChI=1S/C20H20FN3O3S/c1-10(2)9-27-19(26)17-12(4)23-20(28-17)24-18(25)15-7-11(3)22-16-6-5-13(21)8-14(15)16/h5-8,10H,9H2,1-4H3,(H,23,24,25). The summed E-state index contributed by atoms with van der Waals surface area (Å²) in [5.41, 5.74) is 1.94. The first-order chi connectivity index (χ1) is 13.2. The largest absolute Gasteiger partial charge is 0.461 e.